The molecule has 2 saturated heterocycles. The maximum absolute atomic E-state index is 13.9. The van der Waals surface area contributed by atoms with Crippen LogP contribution in [0.15, 0.2) is 72.9 Å². The zero-order valence-corrected chi connectivity index (χ0v) is 22.4. The number of pyridine rings is 1. The Labute approximate surface area is 227 Å². The number of imidazole rings is 1. The Morgan fingerprint density at radius 2 is 1.66 bits per heavy atom. The van der Waals surface area contributed by atoms with Gasteiger partial charge in [-0.1, -0.05) is 61.8 Å². The normalized spacial score (nSPS) is 19.9. The lowest BCUT2D eigenvalue weighted by Gasteiger charge is -2.49. The van der Waals surface area contributed by atoms with Crippen molar-refractivity contribution in [2.45, 2.75) is 51.2 Å². The Bertz CT molecular complexity index is 1490. The van der Waals surface area contributed by atoms with E-state index in [-0.39, 0.29) is 29.7 Å². The van der Waals surface area contributed by atoms with Gasteiger partial charge in [0.1, 0.15) is 11.4 Å². The zero-order chi connectivity index (χ0) is 26.4. The monoisotopic (exact) mass is 526 g/mol. The Hall–Kier alpha value is -3.48. The van der Waals surface area contributed by atoms with Crippen molar-refractivity contribution in [3.8, 4) is 11.3 Å². The molecule has 2 unspecified atom stereocenters. The maximum atomic E-state index is 13.9. The van der Waals surface area contributed by atoms with Crippen LogP contribution in [-0.2, 0) is 11.3 Å². The van der Waals surface area contributed by atoms with E-state index >= 15 is 0 Å². The molecule has 2 fully saturated rings. The highest BCUT2D eigenvalue weighted by Gasteiger charge is 2.44. The summed E-state index contributed by atoms with van der Waals surface area (Å²) in [5.74, 6) is 0.546. The average molecular weight is 527 g/mol. The number of rotatable bonds is 5. The van der Waals surface area contributed by atoms with E-state index in [2.05, 4.69) is 23.1 Å². The molecule has 2 aromatic heterocycles. The molecule has 2 bridgehead atoms. The number of carbonyl (C=O) groups excluding carboxylic acids is 2. The second-order valence-electron chi connectivity index (χ2n) is 10.7. The highest BCUT2D eigenvalue weighted by Crippen LogP contribution is 2.33. The number of hydrogen-bond donors (Lipinski definition) is 0. The van der Waals surface area contributed by atoms with Crippen LogP contribution in [0.3, 0.4) is 0 Å². The van der Waals surface area contributed by atoms with Gasteiger partial charge in [-0.25, -0.2) is 4.98 Å². The first-order valence-corrected chi connectivity index (χ1v) is 13.6. The van der Waals surface area contributed by atoms with Gasteiger partial charge >= 0.3 is 0 Å². The van der Waals surface area contributed by atoms with E-state index in [1.165, 1.54) is 0 Å². The van der Waals surface area contributed by atoms with Gasteiger partial charge in [0, 0.05) is 54.8 Å². The van der Waals surface area contributed by atoms with Gasteiger partial charge in [0.2, 0.25) is 0 Å². The molecule has 2 atom stereocenters. The maximum Gasteiger partial charge on any atom is 0.254 e. The molecule has 0 saturated carbocycles. The van der Waals surface area contributed by atoms with Gasteiger partial charge < -0.3 is 9.30 Å². The number of piperazine rings is 1. The minimum Gasteiger partial charge on any atom is -0.329 e. The van der Waals surface area contributed by atoms with E-state index in [0.29, 0.717) is 37.5 Å². The first-order valence-electron chi connectivity index (χ1n) is 13.3. The van der Waals surface area contributed by atoms with E-state index in [1.807, 2.05) is 77.8 Å². The number of amides is 1. The number of carbonyl (C=O) groups is 2. The van der Waals surface area contributed by atoms with Crippen LogP contribution in [0.25, 0.3) is 16.9 Å². The van der Waals surface area contributed by atoms with Crippen molar-refractivity contribution in [2.75, 3.05) is 13.1 Å². The summed E-state index contributed by atoms with van der Waals surface area (Å²) in [5, 5.41) is 0.691. The third kappa shape index (κ3) is 4.52. The molecule has 1 amide bonds. The lowest BCUT2D eigenvalue weighted by atomic mass is 9.88. The molecular formula is C31H31ClN4O2. The Balaban J connectivity index is 1.31. The second kappa shape index (κ2) is 10.0. The molecule has 4 aromatic rings. The van der Waals surface area contributed by atoms with Crippen LogP contribution in [0.1, 0.15) is 54.2 Å². The first-order chi connectivity index (χ1) is 18.4. The molecule has 6 rings (SSSR count). The molecule has 2 aromatic carbocycles. The molecule has 2 aliphatic heterocycles. The molecule has 194 valence electrons. The number of halogens is 1. The number of piperidine rings is 1. The molecular weight excluding hydrogens is 496 g/mol. The molecule has 0 spiro atoms. The molecule has 0 aliphatic carbocycles. The Morgan fingerprint density at radius 3 is 2.37 bits per heavy atom. The number of aromatic nitrogens is 2. The minimum atomic E-state index is -0.138. The van der Waals surface area contributed by atoms with Crippen molar-refractivity contribution < 1.29 is 9.59 Å². The molecule has 7 heteroatoms. The molecule has 38 heavy (non-hydrogen) atoms. The van der Waals surface area contributed by atoms with E-state index in [0.717, 1.165) is 33.7 Å². The van der Waals surface area contributed by atoms with Crippen molar-refractivity contribution >= 4 is 28.9 Å². The number of ketones is 1. The average Bonchev–Trinajstić information content (AvgIpc) is 3.26. The highest BCUT2D eigenvalue weighted by atomic mass is 35.5. The largest absolute Gasteiger partial charge is 0.329 e. The predicted molar refractivity (Wildman–Crippen MR) is 149 cm³/mol. The van der Waals surface area contributed by atoms with Gasteiger partial charge in [0.05, 0.1) is 23.5 Å². The fourth-order valence-corrected chi connectivity index (χ4v) is 6.25. The van der Waals surface area contributed by atoms with Gasteiger partial charge in [-0.15, -0.1) is 0 Å². The van der Waals surface area contributed by atoms with Crippen molar-refractivity contribution in [1.82, 2.24) is 19.2 Å². The summed E-state index contributed by atoms with van der Waals surface area (Å²) < 4.78 is 2.14. The van der Waals surface area contributed by atoms with Crippen molar-refractivity contribution in [3.05, 3.63) is 94.8 Å². The second-order valence-corrected chi connectivity index (χ2v) is 11.2. The first kappa shape index (κ1) is 24.8. The van der Waals surface area contributed by atoms with Crippen LogP contribution in [0.4, 0.5) is 0 Å². The number of Topliss-reactive ketones (excluding diaryl/α,β-unsaturated/α-hetero) is 1. The lowest BCUT2D eigenvalue weighted by molar-refractivity contribution is -0.127. The van der Waals surface area contributed by atoms with Crippen LogP contribution >= 0.6 is 11.6 Å². The molecule has 0 N–H and O–H groups in total. The fraction of sp³-hybridized carbons (Fsp3) is 0.323. The third-order valence-electron chi connectivity index (χ3n) is 7.82. The van der Waals surface area contributed by atoms with Gasteiger partial charge in [0.15, 0.2) is 0 Å². The highest BCUT2D eigenvalue weighted by molar-refractivity contribution is 6.30. The number of nitrogens with zero attached hydrogens (tertiary/aromatic N) is 4. The summed E-state index contributed by atoms with van der Waals surface area (Å²) in [5.41, 5.74) is 5.75. The summed E-state index contributed by atoms with van der Waals surface area (Å²) >= 11 is 6.16. The smallest absolute Gasteiger partial charge is 0.254 e. The van der Waals surface area contributed by atoms with Crippen LogP contribution in [0, 0.1) is 0 Å². The van der Waals surface area contributed by atoms with Gasteiger partial charge in [-0.3, -0.25) is 14.5 Å². The van der Waals surface area contributed by atoms with E-state index < -0.39 is 0 Å². The predicted octanol–water partition coefficient (Wildman–Crippen LogP) is 5.84. The SMILES string of the molecule is CC(C)c1ccccc1C(=O)N1C2CC(=O)CC1CN(Cc1c(-c3ccc(Cl)cc3)nc3ccccn13)C2. The Morgan fingerprint density at radius 1 is 0.974 bits per heavy atom. The quantitative estimate of drug-likeness (QED) is 0.328. The summed E-state index contributed by atoms with van der Waals surface area (Å²) in [6.07, 6.45) is 2.85. The topological polar surface area (TPSA) is 57.9 Å². The number of likely N-dealkylation sites (tertiary alicyclic amines) is 1. The van der Waals surface area contributed by atoms with Crippen LogP contribution in [-0.4, -0.2) is 56.0 Å². The minimum absolute atomic E-state index is 0.0492. The molecule has 0 radical (unpaired) electrons. The van der Waals surface area contributed by atoms with Gasteiger partial charge in [-0.2, -0.15) is 0 Å². The van der Waals surface area contributed by atoms with Crippen LogP contribution < -0.4 is 0 Å². The van der Waals surface area contributed by atoms with E-state index in [1.54, 1.807) is 0 Å². The van der Waals surface area contributed by atoms with E-state index in [4.69, 9.17) is 16.6 Å². The standard InChI is InChI=1S/C31H31ClN4O2/c1-20(2)26-7-3-4-8-27(26)31(38)36-23-15-25(37)16-24(36)18-34(17-23)19-28-30(21-10-12-22(32)13-11-21)33-29-9-5-6-14-35(28)29/h3-14,20,23-24H,15-19H2,1-2H3. The summed E-state index contributed by atoms with van der Waals surface area (Å²) in [6, 6.07) is 21.4. The summed E-state index contributed by atoms with van der Waals surface area (Å²) in [6.45, 7) is 6.20. The third-order valence-corrected chi connectivity index (χ3v) is 8.07. The summed E-state index contributed by atoms with van der Waals surface area (Å²) in [7, 11) is 0. The number of benzene rings is 2. The molecule has 6 nitrogen and oxygen atoms in total. The van der Waals surface area contributed by atoms with Crippen molar-refractivity contribution in [3.63, 3.8) is 0 Å². The van der Waals surface area contributed by atoms with Crippen LogP contribution in [0.5, 0.6) is 0 Å². The van der Waals surface area contributed by atoms with E-state index in [9.17, 15) is 9.59 Å². The van der Waals surface area contributed by atoms with Crippen molar-refractivity contribution in [1.29, 1.82) is 0 Å². The lowest BCUT2D eigenvalue weighted by Crippen LogP contribution is -2.64. The van der Waals surface area contributed by atoms with Crippen LogP contribution in [0.2, 0.25) is 5.02 Å². The number of hydrogen-bond acceptors (Lipinski definition) is 4. The Kier molecular flexibility index (Phi) is 6.54. The van der Waals surface area contributed by atoms with Gasteiger partial charge in [-0.05, 0) is 41.8 Å². The molecule has 4 heterocycles. The molecule has 2 aliphatic rings. The van der Waals surface area contributed by atoms with Crippen molar-refractivity contribution in [2.24, 2.45) is 0 Å². The fourth-order valence-electron chi connectivity index (χ4n) is 6.12. The zero-order valence-electron chi connectivity index (χ0n) is 21.7. The number of fused-ring (bicyclic) bond motifs is 3. The van der Waals surface area contributed by atoms with Gasteiger partial charge in [0.25, 0.3) is 5.91 Å². The summed E-state index contributed by atoms with van der Waals surface area (Å²) in [4.78, 5) is 35.9.